The van der Waals surface area contributed by atoms with Crippen LogP contribution in [0.2, 0.25) is 0 Å². The third-order valence-electron chi connectivity index (χ3n) is 11.4. The van der Waals surface area contributed by atoms with Crippen LogP contribution < -0.4 is 19.7 Å². The lowest BCUT2D eigenvalue weighted by Crippen LogP contribution is -2.68. The Morgan fingerprint density at radius 1 is 0.961 bits per heavy atom. The summed E-state index contributed by atoms with van der Waals surface area (Å²) in [4.78, 5) is 17.6. The second-order valence-corrected chi connectivity index (χ2v) is 14.5. The highest BCUT2D eigenvalue weighted by Crippen LogP contribution is 2.49. The van der Waals surface area contributed by atoms with Gasteiger partial charge in [-0.15, -0.1) is 13.2 Å². The molecule has 270 valence electrons. The van der Waals surface area contributed by atoms with Crippen LogP contribution in [0.15, 0.2) is 24.3 Å². The summed E-state index contributed by atoms with van der Waals surface area (Å²) < 4.78 is 116. The second kappa shape index (κ2) is 11.2. The standard InChI is InChI=1S/C35H33F7N6O3/c36-21-7-6-18-14-19(49)15-20(24(18)29(21)51-35(40,41)42)27-26(37)28-25-22(43-27)4-1-5-23-34(39)11-10-33(38,46-34)16-48(23)30(25)45-31(44-28)50-17-32-8-2-12-47(32)13-3-9-32/h6-7,14-15,23,46,49H,1-5,8-13,16-17H2/t23-,33-,34+/m1/s1. The van der Waals surface area contributed by atoms with E-state index in [1.165, 1.54) is 4.90 Å². The molecule has 4 fully saturated rings. The van der Waals surface area contributed by atoms with Crippen LogP contribution in [0.1, 0.15) is 57.1 Å². The fraction of sp³-hybridized carbons (Fsp3) is 0.514. The molecule has 0 amide bonds. The highest BCUT2D eigenvalue weighted by atomic mass is 19.4. The summed E-state index contributed by atoms with van der Waals surface area (Å²) in [6, 6.07) is 2.87. The minimum atomic E-state index is -5.30. The summed E-state index contributed by atoms with van der Waals surface area (Å²) in [5.74, 6) is -8.28. The molecule has 2 N–H and O–H groups in total. The van der Waals surface area contributed by atoms with Crippen LogP contribution in [-0.2, 0) is 6.42 Å². The summed E-state index contributed by atoms with van der Waals surface area (Å²) in [5.41, 5.74) is -1.26. The van der Waals surface area contributed by atoms with E-state index < -0.39 is 58.2 Å². The molecular weight excluding hydrogens is 685 g/mol. The van der Waals surface area contributed by atoms with E-state index in [2.05, 4.69) is 24.9 Å². The van der Waals surface area contributed by atoms with E-state index in [0.717, 1.165) is 63.0 Å². The molecule has 51 heavy (non-hydrogen) atoms. The van der Waals surface area contributed by atoms with Crippen molar-refractivity contribution in [2.24, 2.45) is 0 Å². The summed E-state index contributed by atoms with van der Waals surface area (Å²) in [7, 11) is 0. The van der Waals surface area contributed by atoms with Crippen LogP contribution in [0.4, 0.5) is 36.6 Å². The largest absolute Gasteiger partial charge is 0.573 e. The summed E-state index contributed by atoms with van der Waals surface area (Å²) >= 11 is 0. The van der Waals surface area contributed by atoms with E-state index >= 15 is 17.6 Å². The number of aromatic hydroxyl groups is 1. The Morgan fingerprint density at radius 2 is 1.75 bits per heavy atom. The molecule has 5 aliphatic heterocycles. The van der Waals surface area contributed by atoms with Crippen LogP contribution in [0.5, 0.6) is 17.5 Å². The van der Waals surface area contributed by atoms with Gasteiger partial charge in [-0.1, -0.05) is 6.07 Å². The van der Waals surface area contributed by atoms with Crippen LogP contribution in [0, 0.1) is 11.6 Å². The number of nitrogens with zero attached hydrogens (tertiary/aromatic N) is 5. The highest BCUT2D eigenvalue weighted by Gasteiger charge is 2.60. The van der Waals surface area contributed by atoms with Gasteiger partial charge in [-0.3, -0.25) is 4.90 Å². The van der Waals surface area contributed by atoms with Crippen LogP contribution >= 0.6 is 0 Å². The second-order valence-electron chi connectivity index (χ2n) is 14.5. The first-order chi connectivity index (χ1) is 24.2. The number of nitrogens with one attached hydrogen (secondary N) is 1. The Hall–Kier alpha value is -4.18. The predicted molar refractivity (Wildman–Crippen MR) is 171 cm³/mol. The van der Waals surface area contributed by atoms with E-state index in [-0.39, 0.29) is 83.7 Å². The maximum atomic E-state index is 17.2. The number of rotatable bonds is 5. The van der Waals surface area contributed by atoms with Gasteiger partial charge in [0.1, 0.15) is 29.4 Å². The number of aryl methyl sites for hydroxylation is 1. The van der Waals surface area contributed by atoms with Crippen LogP contribution in [-0.4, -0.2) is 80.7 Å². The molecule has 16 heteroatoms. The van der Waals surface area contributed by atoms with Crippen molar-refractivity contribution in [3.63, 3.8) is 0 Å². The number of benzene rings is 2. The van der Waals surface area contributed by atoms with Gasteiger partial charge < -0.3 is 19.5 Å². The van der Waals surface area contributed by atoms with Gasteiger partial charge >= 0.3 is 12.4 Å². The van der Waals surface area contributed by atoms with Gasteiger partial charge in [-0.2, -0.15) is 9.97 Å². The zero-order valence-electron chi connectivity index (χ0n) is 27.2. The smallest absolute Gasteiger partial charge is 0.508 e. The predicted octanol–water partition coefficient (Wildman–Crippen LogP) is 6.97. The van der Waals surface area contributed by atoms with Gasteiger partial charge in [0.05, 0.1) is 29.2 Å². The molecule has 2 aromatic heterocycles. The quantitative estimate of drug-likeness (QED) is 0.168. The van der Waals surface area contributed by atoms with Crippen LogP contribution in [0.25, 0.3) is 32.9 Å². The first-order valence-electron chi connectivity index (χ1n) is 17.2. The summed E-state index contributed by atoms with van der Waals surface area (Å²) in [6.45, 7) is 1.74. The van der Waals surface area contributed by atoms with Crippen molar-refractivity contribution in [3.05, 3.63) is 41.6 Å². The minimum Gasteiger partial charge on any atom is -0.508 e. The molecule has 0 saturated carbocycles. The van der Waals surface area contributed by atoms with Crippen LogP contribution in [0.3, 0.4) is 0 Å². The maximum absolute atomic E-state index is 17.2. The average Bonchev–Trinajstić information content (AvgIpc) is 3.72. The average molecular weight is 719 g/mol. The Labute approximate surface area is 286 Å². The molecule has 2 bridgehead atoms. The topological polar surface area (TPSA) is 95.9 Å². The fourth-order valence-corrected chi connectivity index (χ4v) is 9.23. The summed E-state index contributed by atoms with van der Waals surface area (Å²) in [6.07, 6.45) is -0.975. The van der Waals surface area contributed by atoms with E-state index in [0.29, 0.717) is 6.42 Å². The van der Waals surface area contributed by atoms with Crippen molar-refractivity contribution in [2.45, 2.75) is 87.3 Å². The molecule has 0 spiro atoms. The number of anilines is 1. The number of hydrogen-bond acceptors (Lipinski definition) is 9. The van der Waals surface area contributed by atoms with E-state index in [1.54, 1.807) is 0 Å². The molecule has 7 heterocycles. The number of pyridine rings is 1. The fourth-order valence-electron chi connectivity index (χ4n) is 9.23. The Kier molecular flexibility index (Phi) is 7.16. The van der Waals surface area contributed by atoms with Gasteiger partial charge in [0.25, 0.3) is 0 Å². The van der Waals surface area contributed by atoms with Gasteiger partial charge in [0.2, 0.25) is 0 Å². The van der Waals surface area contributed by atoms with Gasteiger partial charge in [0, 0.05) is 23.8 Å². The van der Waals surface area contributed by atoms with E-state index in [9.17, 15) is 18.3 Å². The van der Waals surface area contributed by atoms with E-state index in [1.807, 2.05) is 0 Å². The Balaban J connectivity index is 1.27. The third kappa shape index (κ3) is 5.22. The first kappa shape index (κ1) is 32.7. The number of aromatic nitrogens is 3. The first-order valence-corrected chi connectivity index (χ1v) is 17.2. The molecule has 0 aliphatic carbocycles. The molecular formula is C35H33F7N6O3. The minimum absolute atomic E-state index is 0.0419. The zero-order valence-corrected chi connectivity index (χ0v) is 27.2. The number of phenols is 1. The number of piperazine rings is 1. The van der Waals surface area contributed by atoms with E-state index in [4.69, 9.17) is 9.72 Å². The molecule has 3 atom stereocenters. The summed E-state index contributed by atoms with van der Waals surface area (Å²) in [5, 5.41) is 12.7. The lowest BCUT2D eigenvalue weighted by molar-refractivity contribution is -0.275. The van der Waals surface area contributed by atoms with Gasteiger partial charge in [-0.25, -0.2) is 27.9 Å². The van der Waals surface area contributed by atoms with Gasteiger partial charge in [0.15, 0.2) is 29.0 Å². The Morgan fingerprint density at radius 3 is 2.51 bits per heavy atom. The molecule has 4 saturated heterocycles. The zero-order chi connectivity index (χ0) is 35.5. The van der Waals surface area contributed by atoms with Crippen molar-refractivity contribution in [3.8, 4) is 28.8 Å². The number of ether oxygens (including phenoxy) is 2. The normalized spacial score (nSPS) is 27.0. The highest BCUT2D eigenvalue weighted by molar-refractivity contribution is 6.04. The number of halogens is 7. The maximum Gasteiger partial charge on any atom is 0.573 e. The number of phenolic OH excluding ortho intramolecular Hbond substituents is 1. The number of alkyl halides is 5. The number of fused-ring (bicyclic) bond motifs is 7. The van der Waals surface area contributed by atoms with Crippen molar-refractivity contribution in [1.82, 2.24) is 25.2 Å². The van der Waals surface area contributed by atoms with Crippen molar-refractivity contribution < 1.29 is 45.3 Å². The van der Waals surface area contributed by atoms with Gasteiger partial charge in [-0.05, 0) is 81.6 Å². The monoisotopic (exact) mass is 718 g/mol. The lowest BCUT2D eigenvalue weighted by atomic mass is 9.92. The lowest BCUT2D eigenvalue weighted by Gasteiger charge is -2.47. The molecule has 9 rings (SSSR count). The van der Waals surface area contributed by atoms with Crippen molar-refractivity contribution in [1.29, 1.82) is 0 Å². The molecule has 4 aromatic rings. The molecule has 9 nitrogen and oxygen atoms in total. The molecule has 2 aromatic carbocycles. The van der Waals surface area contributed by atoms with Crippen molar-refractivity contribution in [2.75, 3.05) is 31.1 Å². The molecule has 0 radical (unpaired) electrons. The van der Waals surface area contributed by atoms with Crippen molar-refractivity contribution >= 4 is 27.5 Å². The molecule has 5 aliphatic rings. The number of hydrogen-bond donors (Lipinski definition) is 2. The third-order valence-corrected chi connectivity index (χ3v) is 11.4. The Bertz CT molecular complexity index is 2090. The molecule has 0 unspecified atom stereocenters. The SMILES string of the molecule is Oc1cc(-c2nc3c4c(nc(OCC56CCCN5CCC6)nc4c2F)N2C[C@@]4(F)CC[C@](F)(N4)[C@H]2CCC3)c2c(OC(F)(F)F)c(F)ccc2c1.